The third-order valence-corrected chi connectivity index (χ3v) is 5.24. The number of amides is 2. The minimum absolute atomic E-state index is 0.0158. The molecule has 0 aromatic heterocycles. The summed E-state index contributed by atoms with van der Waals surface area (Å²) in [5.41, 5.74) is 2.21. The van der Waals surface area contributed by atoms with Crippen LogP contribution in [-0.4, -0.2) is 42.9 Å². The van der Waals surface area contributed by atoms with Gasteiger partial charge in [-0.2, -0.15) is 0 Å². The zero-order valence-electron chi connectivity index (χ0n) is 17.9. The fraction of sp³-hybridized carbons (Fsp3) is 0.375. The maximum Gasteiger partial charge on any atom is 0.308 e. The molecule has 0 bridgehead atoms. The topological polar surface area (TPSA) is 84.9 Å². The number of methoxy groups -OCH3 is 1. The molecule has 0 spiro atoms. The Morgan fingerprint density at radius 1 is 1.16 bits per heavy atom. The van der Waals surface area contributed by atoms with Crippen LogP contribution in [0.25, 0.3) is 0 Å². The molecule has 0 saturated carbocycles. The highest BCUT2D eigenvalue weighted by molar-refractivity contribution is 5.94. The van der Waals surface area contributed by atoms with Gasteiger partial charge in [0.05, 0.1) is 26.2 Å². The van der Waals surface area contributed by atoms with E-state index in [0.29, 0.717) is 24.3 Å². The second-order valence-electron chi connectivity index (χ2n) is 7.43. The van der Waals surface area contributed by atoms with Gasteiger partial charge in [-0.25, -0.2) is 0 Å². The molecule has 2 amide bonds. The summed E-state index contributed by atoms with van der Waals surface area (Å²) in [6.07, 6.45) is 1.51. The molecule has 1 N–H and O–H groups in total. The summed E-state index contributed by atoms with van der Waals surface area (Å²) in [6.45, 7) is 3.35. The highest BCUT2D eigenvalue weighted by Crippen LogP contribution is 2.23. The predicted octanol–water partition coefficient (Wildman–Crippen LogP) is 3.24. The van der Waals surface area contributed by atoms with Crippen LogP contribution in [-0.2, 0) is 20.9 Å². The summed E-state index contributed by atoms with van der Waals surface area (Å²) in [5.74, 6) is 0.130. The zero-order valence-corrected chi connectivity index (χ0v) is 17.9. The van der Waals surface area contributed by atoms with Crippen molar-refractivity contribution in [2.24, 2.45) is 0 Å². The molecule has 31 heavy (non-hydrogen) atoms. The summed E-state index contributed by atoms with van der Waals surface area (Å²) in [7, 11) is 1.56. The highest BCUT2D eigenvalue weighted by Gasteiger charge is 2.22. The van der Waals surface area contributed by atoms with Crippen molar-refractivity contribution in [3.05, 3.63) is 65.2 Å². The molecule has 1 aliphatic rings. The lowest BCUT2D eigenvalue weighted by Crippen LogP contribution is -2.30. The van der Waals surface area contributed by atoms with Gasteiger partial charge in [0.1, 0.15) is 5.75 Å². The lowest BCUT2D eigenvalue weighted by atomic mass is 10.0. The minimum Gasteiger partial charge on any atom is -0.497 e. The quantitative estimate of drug-likeness (QED) is 0.625. The molecule has 0 radical (unpaired) electrons. The van der Waals surface area contributed by atoms with Gasteiger partial charge in [0.2, 0.25) is 5.91 Å². The second-order valence-corrected chi connectivity index (χ2v) is 7.43. The Morgan fingerprint density at radius 2 is 1.94 bits per heavy atom. The first-order chi connectivity index (χ1) is 15.0. The first-order valence-corrected chi connectivity index (χ1v) is 10.5. The molecule has 1 saturated heterocycles. The number of likely N-dealkylation sites (tertiary alicyclic amines) is 1. The minimum atomic E-state index is -0.552. The predicted molar refractivity (Wildman–Crippen MR) is 116 cm³/mol. The second kappa shape index (κ2) is 10.6. The Hall–Kier alpha value is -3.35. The van der Waals surface area contributed by atoms with Crippen molar-refractivity contribution in [1.29, 1.82) is 0 Å². The van der Waals surface area contributed by atoms with E-state index in [0.717, 1.165) is 24.1 Å². The van der Waals surface area contributed by atoms with Crippen molar-refractivity contribution in [2.45, 2.75) is 38.8 Å². The van der Waals surface area contributed by atoms with Crippen molar-refractivity contribution in [2.75, 3.05) is 20.3 Å². The molecule has 7 heteroatoms. The fourth-order valence-corrected chi connectivity index (χ4v) is 3.59. The number of carbonyl (C=O) groups excluding carboxylic acids is 3. The first kappa shape index (κ1) is 22.3. The van der Waals surface area contributed by atoms with Crippen LogP contribution in [0.2, 0.25) is 0 Å². The Labute approximate surface area is 182 Å². The highest BCUT2D eigenvalue weighted by atomic mass is 16.5. The summed E-state index contributed by atoms with van der Waals surface area (Å²) in [6, 6.07) is 13.9. The van der Waals surface area contributed by atoms with Crippen molar-refractivity contribution in [1.82, 2.24) is 10.2 Å². The van der Waals surface area contributed by atoms with E-state index in [9.17, 15) is 14.4 Å². The van der Waals surface area contributed by atoms with Crippen LogP contribution in [0.4, 0.5) is 0 Å². The average Bonchev–Trinajstić information content (AvgIpc) is 3.18. The number of hydrogen-bond acceptors (Lipinski definition) is 5. The van der Waals surface area contributed by atoms with Crippen molar-refractivity contribution >= 4 is 17.8 Å². The fourth-order valence-electron chi connectivity index (χ4n) is 3.59. The number of nitrogens with one attached hydrogen (secondary N) is 1. The lowest BCUT2D eigenvalue weighted by Gasteiger charge is -2.19. The maximum atomic E-state index is 12.9. The summed E-state index contributed by atoms with van der Waals surface area (Å²) in [5, 5.41) is 2.93. The van der Waals surface area contributed by atoms with E-state index >= 15 is 0 Å². The molecule has 0 aliphatic carbocycles. The van der Waals surface area contributed by atoms with Gasteiger partial charge in [-0.05, 0) is 48.7 Å². The lowest BCUT2D eigenvalue weighted by molar-refractivity contribution is -0.143. The molecule has 7 nitrogen and oxygen atoms in total. The van der Waals surface area contributed by atoms with Gasteiger partial charge < -0.3 is 19.7 Å². The molecular weight excluding hydrogens is 396 g/mol. The molecule has 3 rings (SSSR count). The van der Waals surface area contributed by atoms with Gasteiger partial charge in [0.15, 0.2) is 0 Å². The van der Waals surface area contributed by atoms with E-state index < -0.39 is 6.04 Å². The molecule has 2 aromatic rings. The SMILES string of the molecule is CCOC(=O)CC(NC(=O)c1ccc(CN2CCCC2=O)cc1)c1cccc(OC)c1. The van der Waals surface area contributed by atoms with Crippen molar-refractivity contribution in [3.63, 3.8) is 0 Å². The number of benzene rings is 2. The molecule has 164 valence electrons. The molecular formula is C24H28N2O5. The van der Waals surface area contributed by atoms with Gasteiger partial charge in [-0.15, -0.1) is 0 Å². The number of hydrogen-bond donors (Lipinski definition) is 1. The molecule has 1 aliphatic heterocycles. The molecule has 1 heterocycles. The van der Waals surface area contributed by atoms with E-state index in [1.807, 2.05) is 29.2 Å². The Kier molecular flexibility index (Phi) is 7.65. The maximum absolute atomic E-state index is 12.9. The third-order valence-electron chi connectivity index (χ3n) is 5.24. The molecule has 1 atom stereocenters. The van der Waals surface area contributed by atoms with E-state index in [1.165, 1.54) is 0 Å². The van der Waals surface area contributed by atoms with E-state index in [4.69, 9.17) is 9.47 Å². The van der Waals surface area contributed by atoms with Crippen LogP contribution in [0.15, 0.2) is 48.5 Å². The van der Waals surface area contributed by atoms with Crippen molar-refractivity contribution in [3.8, 4) is 5.75 Å². The average molecular weight is 424 g/mol. The van der Waals surface area contributed by atoms with Gasteiger partial charge in [0, 0.05) is 25.1 Å². The Bertz CT molecular complexity index is 926. The van der Waals surface area contributed by atoms with Gasteiger partial charge >= 0.3 is 5.97 Å². The third kappa shape index (κ3) is 6.07. The van der Waals surface area contributed by atoms with Crippen LogP contribution in [0.1, 0.15) is 53.7 Å². The summed E-state index contributed by atoms with van der Waals surface area (Å²) >= 11 is 0. The number of esters is 1. The van der Waals surface area contributed by atoms with Crippen LogP contribution in [0.3, 0.4) is 0 Å². The van der Waals surface area contributed by atoms with E-state index in [-0.39, 0.29) is 30.8 Å². The molecule has 1 fully saturated rings. The smallest absolute Gasteiger partial charge is 0.308 e. The summed E-state index contributed by atoms with van der Waals surface area (Å²) in [4.78, 5) is 38.6. The molecule has 1 unspecified atom stereocenters. The standard InChI is InChI=1S/C24H28N2O5/c1-3-31-23(28)15-21(19-6-4-7-20(14-19)30-2)25-24(29)18-11-9-17(10-12-18)16-26-13-5-8-22(26)27/h4,6-7,9-12,14,21H,3,5,8,13,15-16H2,1-2H3,(H,25,29). The summed E-state index contributed by atoms with van der Waals surface area (Å²) < 4.78 is 10.3. The van der Waals surface area contributed by atoms with Crippen LogP contribution < -0.4 is 10.1 Å². The molecule has 2 aromatic carbocycles. The number of rotatable bonds is 9. The van der Waals surface area contributed by atoms with Crippen LogP contribution >= 0.6 is 0 Å². The normalized spacial score (nSPS) is 14.3. The first-order valence-electron chi connectivity index (χ1n) is 10.5. The Morgan fingerprint density at radius 3 is 2.58 bits per heavy atom. The van der Waals surface area contributed by atoms with Crippen LogP contribution in [0.5, 0.6) is 5.75 Å². The van der Waals surface area contributed by atoms with E-state index in [2.05, 4.69) is 5.32 Å². The van der Waals surface area contributed by atoms with Crippen LogP contribution in [0, 0.1) is 0 Å². The van der Waals surface area contributed by atoms with Gasteiger partial charge in [-0.3, -0.25) is 14.4 Å². The zero-order chi connectivity index (χ0) is 22.2. The Balaban J connectivity index is 1.71. The number of carbonyl (C=O) groups is 3. The monoisotopic (exact) mass is 424 g/mol. The van der Waals surface area contributed by atoms with Crippen molar-refractivity contribution < 1.29 is 23.9 Å². The number of ether oxygens (including phenoxy) is 2. The largest absolute Gasteiger partial charge is 0.497 e. The van der Waals surface area contributed by atoms with E-state index in [1.54, 1.807) is 38.3 Å². The van der Waals surface area contributed by atoms with Gasteiger partial charge in [-0.1, -0.05) is 24.3 Å². The van der Waals surface area contributed by atoms with Gasteiger partial charge in [0.25, 0.3) is 5.91 Å². The number of nitrogens with zero attached hydrogens (tertiary/aromatic N) is 1.